The Bertz CT molecular complexity index is 1060. The number of rotatable bonds is 6. The SMILES string of the molecule is Cc1c(CCC(=O)O)c(CC#N)c(-c2ccc(Cl)cc2)n1-c1ccccc1Cl. The summed E-state index contributed by atoms with van der Waals surface area (Å²) in [5, 5.41) is 19.8. The van der Waals surface area contributed by atoms with Crippen molar-refractivity contribution in [3.63, 3.8) is 0 Å². The number of nitriles is 1. The van der Waals surface area contributed by atoms with Gasteiger partial charge in [-0.15, -0.1) is 0 Å². The molecule has 1 aromatic heterocycles. The second-order valence-electron chi connectivity index (χ2n) is 6.41. The zero-order valence-electron chi connectivity index (χ0n) is 15.2. The smallest absolute Gasteiger partial charge is 0.303 e. The maximum atomic E-state index is 11.2. The summed E-state index contributed by atoms with van der Waals surface area (Å²) in [4.78, 5) is 11.2. The highest BCUT2D eigenvalue weighted by molar-refractivity contribution is 6.32. The molecule has 0 saturated heterocycles. The summed E-state index contributed by atoms with van der Waals surface area (Å²) in [5.41, 5.74) is 5.08. The minimum atomic E-state index is -0.874. The van der Waals surface area contributed by atoms with E-state index in [-0.39, 0.29) is 12.8 Å². The third kappa shape index (κ3) is 3.91. The molecule has 0 atom stereocenters. The fraction of sp³-hybridized carbons (Fsp3) is 0.182. The second kappa shape index (κ2) is 8.52. The van der Waals surface area contributed by atoms with Gasteiger partial charge in [0, 0.05) is 17.1 Å². The van der Waals surface area contributed by atoms with Crippen molar-refractivity contribution in [3.05, 3.63) is 75.4 Å². The lowest BCUT2D eigenvalue weighted by Crippen LogP contribution is -2.02. The minimum Gasteiger partial charge on any atom is -0.481 e. The molecule has 0 aliphatic heterocycles. The molecule has 28 heavy (non-hydrogen) atoms. The van der Waals surface area contributed by atoms with Crippen LogP contribution in [0.3, 0.4) is 0 Å². The number of hydrogen-bond acceptors (Lipinski definition) is 2. The normalized spacial score (nSPS) is 10.6. The fourth-order valence-corrected chi connectivity index (χ4v) is 3.82. The highest BCUT2D eigenvalue weighted by Crippen LogP contribution is 2.37. The van der Waals surface area contributed by atoms with E-state index in [4.69, 9.17) is 28.3 Å². The first-order chi connectivity index (χ1) is 13.4. The Hall–Kier alpha value is -2.74. The van der Waals surface area contributed by atoms with Crippen LogP contribution in [0.1, 0.15) is 23.2 Å². The molecule has 142 valence electrons. The predicted octanol–water partition coefficient (Wildman–Crippen LogP) is 5.84. The number of para-hydroxylation sites is 1. The number of carbonyl (C=O) groups is 1. The van der Waals surface area contributed by atoms with Gasteiger partial charge in [-0.05, 0) is 54.3 Å². The standard InChI is InChI=1S/C22H18Cl2N2O2/c1-14-17(10-11-21(27)28)18(12-13-25)22(15-6-8-16(23)9-7-15)26(14)20-5-3-2-4-19(20)24/h2-9H,10-12H2,1H3,(H,27,28). The van der Waals surface area contributed by atoms with Crippen molar-refractivity contribution in [3.8, 4) is 23.0 Å². The molecule has 0 amide bonds. The lowest BCUT2D eigenvalue weighted by molar-refractivity contribution is -0.136. The average Bonchev–Trinajstić information content (AvgIpc) is 2.93. The van der Waals surface area contributed by atoms with E-state index >= 15 is 0 Å². The first kappa shape index (κ1) is 20.0. The van der Waals surface area contributed by atoms with Gasteiger partial charge in [-0.25, -0.2) is 0 Å². The zero-order valence-corrected chi connectivity index (χ0v) is 16.8. The van der Waals surface area contributed by atoms with Crippen LogP contribution >= 0.6 is 23.2 Å². The Morgan fingerprint density at radius 2 is 1.79 bits per heavy atom. The lowest BCUT2D eigenvalue weighted by Gasteiger charge is -2.15. The zero-order chi connectivity index (χ0) is 20.3. The van der Waals surface area contributed by atoms with Crippen LogP contribution < -0.4 is 0 Å². The third-order valence-corrected chi connectivity index (χ3v) is 5.27. The van der Waals surface area contributed by atoms with Crippen molar-refractivity contribution in [2.75, 3.05) is 0 Å². The quantitative estimate of drug-likeness (QED) is 0.552. The van der Waals surface area contributed by atoms with Crippen LogP contribution in [0, 0.1) is 18.3 Å². The highest BCUT2D eigenvalue weighted by Gasteiger charge is 2.23. The Balaban J connectivity index is 2.34. The number of hydrogen-bond donors (Lipinski definition) is 1. The number of aliphatic carboxylic acids is 1. The molecular formula is C22H18Cl2N2O2. The van der Waals surface area contributed by atoms with Gasteiger partial charge in [0.2, 0.25) is 0 Å². The molecule has 4 nitrogen and oxygen atoms in total. The molecular weight excluding hydrogens is 395 g/mol. The molecule has 0 fully saturated rings. The number of carboxylic acids is 1. The fourth-order valence-electron chi connectivity index (χ4n) is 3.48. The Labute approximate surface area is 173 Å². The minimum absolute atomic E-state index is 0.00807. The van der Waals surface area contributed by atoms with Gasteiger partial charge in [0.1, 0.15) is 0 Å². The summed E-state index contributed by atoms with van der Waals surface area (Å²) in [5.74, 6) is -0.874. The third-order valence-electron chi connectivity index (χ3n) is 4.70. The van der Waals surface area contributed by atoms with Gasteiger partial charge in [0.05, 0.1) is 28.9 Å². The van der Waals surface area contributed by atoms with Gasteiger partial charge >= 0.3 is 5.97 Å². The van der Waals surface area contributed by atoms with Gasteiger partial charge in [-0.2, -0.15) is 5.26 Å². The van der Waals surface area contributed by atoms with Gasteiger partial charge < -0.3 is 9.67 Å². The van der Waals surface area contributed by atoms with E-state index in [0.29, 0.717) is 16.5 Å². The number of carboxylic acid groups (broad SMARTS) is 1. The lowest BCUT2D eigenvalue weighted by atomic mass is 9.98. The van der Waals surface area contributed by atoms with Crippen molar-refractivity contribution in [2.45, 2.75) is 26.2 Å². The first-order valence-corrected chi connectivity index (χ1v) is 9.52. The maximum absolute atomic E-state index is 11.2. The summed E-state index contributed by atoms with van der Waals surface area (Å²) in [6, 6.07) is 17.1. The molecule has 0 bridgehead atoms. The number of benzene rings is 2. The van der Waals surface area contributed by atoms with Crippen LogP contribution in [0.25, 0.3) is 16.9 Å². The van der Waals surface area contributed by atoms with E-state index in [1.54, 1.807) is 12.1 Å². The van der Waals surface area contributed by atoms with Crippen LogP contribution in [0.4, 0.5) is 0 Å². The molecule has 0 unspecified atom stereocenters. The van der Waals surface area contributed by atoms with Crippen LogP contribution in [-0.4, -0.2) is 15.6 Å². The van der Waals surface area contributed by atoms with E-state index in [1.165, 1.54) is 0 Å². The second-order valence-corrected chi connectivity index (χ2v) is 7.26. The van der Waals surface area contributed by atoms with E-state index < -0.39 is 5.97 Å². The molecule has 1 N–H and O–H groups in total. The average molecular weight is 413 g/mol. The molecule has 0 saturated carbocycles. The van der Waals surface area contributed by atoms with Crippen molar-refractivity contribution in [1.82, 2.24) is 4.57 Å². The van der Waals surface area contributed by atoms with Crippen molar-refractivity contribution in [2.24, 2.45) is 0 Å². The summed E-state index contributed by atoms with van der Waals surface area (Å²) in [6.07, 6.45) is 0.507. The van der Waals surface area contributed by atoms with Gasteiger partial charge in [0.15, 0.2) is 0 Å². The molecule has 0 aliphatic carbocycles. The molecule has 3 rings (SSSR count). The van der Waals surface area contributed by atoms with Gasteiger partial charge in [0.25, 0.3) is 0 Å². The Morgan fingerprint density at radius 1 is 1.11 bits per heavy atom. The molecule has 1 heterocycles. The molecule has 0 aliphatic rings. The first-order valence-electron chi connectivity index (χ1n) is 8.76. The van der Waals surface area contributed by atoms with E-state index in [2.05, 4.69) is 6.07 Å². The number of halogens is 2. The van der Waals surface area contributed by atoms with Gasteiger partial charge in [-0.1, -0.05) is 47.5 Å². The van der Waals surface area contributed by atoms with E-state index in [0.717, 1.165) is 33.8 Å². The summed E-state index contributed by atoms with van der Waals surface area (Å²) in [7, 11) is 0. The molecule has 0 radical (unpaired) electrons. The van der Waals surface area contributed by atoms with E-state index in [9.17, 15) is 10.1 Å². The summed E-state index contributed by atoms with van der Waals surface area (Å²) >= 11 is 12.5. The number of nitrogens with zero attached hydrogens (tertiary/aromatic N) is 2. The molecule has 3 aromatic rings. The molecule has 0 spiro atoms. The maximum Gasteiger partial charge on any atom is 0.303 e. The van der Waals surface area contributed by atoms with Crippen molar-refractivity contribution in [1.29, 1.82) is 5.26 Å². The van der Waals surface area contributed by atoms with E-state index in [1.807, 2.05) is 47.9 Å². The van der Waals surface area contributed by atoms with Crippen LogP contribution in [0.2, 0.25) is 10.0 Å². The van der Waals surface area contributed by atoms with Crippen molar-refractivity contribution >= 4 is 29.2 Å². The Morgan fingerprint density at radius 3 is 2.39 bits per heavy atom. The highest BCUT2D eigenvalue weighted by atomic mass is 35.5. The molecule has 2 aromatic carbocycles. The Kier molecular flexibility index (Phi) is 6.08. The predicted molar refractivity (Wildman–Crippen MR) is 111 cm³/mol. The summed E-state index contributed by atoms with van der Waals surface area (Å²) in [6.45, 7) is 1.93. The van der Waals surface area contributed by atoms with Crippen molar-refractivity contribution < 1.29 is 9.90 Å². The molecule has 6 heteroatoms. The summed E-state index contributed by atoms with van der Waals surface area (Å²) < 4.78 is 2.01. The topological polar surface area (TPSA) is 66.0 Å². The number of aromatic nitrogens is 1. The van der Waals surface area contributed by atoms with Crippen LogP contribution in [-0.2, 0) is 17.6 Å². The monoisotopic (exact) mass is 412 g/mol. The largest absolute Gasteiger partial charge is 0.481 e. The van der Waals surface area contributed by atoms with Crippen LogP contribution in [0.15, 0.2) is 48.5 Å². The van der Waals surface area contributed by atoms with Gasteiger partial charge in [-0.3, -0.25) is 4.79 Å². The van der Waals surface area contributed by atoms with Crippen LogP contribution in [0.5, 0.6) is 0 Å².